The molecule has 0 spiro atoms. The minimum absolute atomic E-state index is 0.187. The Hall–Kier alpha value is -1.64. The second-order valence-electron chi connectivity index (χ2n) is 7.05. The second kappa shape index (κ2) is 9.71. The van der Waals surface area contributed by atoms with Crippen molar-refractivity contribution in [1.82, 2.24) is 15.5 Å². The number of halogens is 1. The number of para-hydroxylation sites is 1. The first-order valence-electron chi connectivity index (χ1n) is 9.47. The Morgan fingerprint density at radius 2 is 1.79 bits per heavy atom. The third-order valence-electron chi connectivity index (χ3n) is 4.77. The van der Waals surface area contributed by atoms with Crippen molar-refractivity contribution in [3.05, 3.63) is 59.1 Å². The van der Waals surface area contributed by atoms with Crippen molar-refractivity contribution in [3.8, 4) is 0 Å². The molecule has 0 amide bonds. The zero-order valence-electron chi connectivity index (χ0n) is 16.0. The molecule has 1 unspecified atom stereocenters. The first kappa shape index (κ1) is 21.1. The van der Waals surface area contributed by atoms with E-state index in [0.29, 0.717) is 23.3 Å². The van der Waals surface area contributed by atoms with Gasteiger partial charge in [-0.05, 0) is 42.8 Å². The molecule has 1 atom stereocenters. The van der Waals surface area contributed by atoms with Gasteiger partial charge in [-0.1, -0.05) is 29.8 Å². The summed E-state index contributed by atoms with van der Waals surface area (Å²) in [5.41, 5.74) is 1.49. The standard InChI is InChI=1S/C20H27ClN4O2S/c1-16(15-25-12-10-22-11-13-25)23-14-17-4-2-3-5-20(17)24-28(26,27)19-8-6-18(21)7-9-19/h2-9,16,22-24H,10-15H2,1H3. The first-order valence-corrected chi connectivity index (χ1v) is 11.3. The largest absolute Gasteiger partial charge is 0.314 e. The van der Waals surface area contributed by atoms with Gasteiger partial charge in [-0.2, -0.15) is 0 Å². The molecule has 3 rings (SSSR count). The van der Waals surface area contributed by atoms with Crippen LogP contribution in [0.25, 0.3) is 0 Å². The maximum atomic E-state index is 12.7. The Bertz CT molecular complexity index is 868. The van der Waals surface area contributed by atoms with Crippen LogP contribution in [-0.4, -0.2) is 52.1 Å². The van der Waals surface area contributed by atoms with Crippen molar-refractivity contribution in [2.45, 2.75) is 24.4 Å². The summed E-state index contributed by atoms with van der Waals surface area (Å²) in [6.07, 6.45) is 0. The lowest BCUT2D eigenvalue weighted by Crippen LogP contribution is -2.48. The number of nitrogens with one attached hydrogen (secondary N) is 3. The summed E-state index contributed by atoms with van der Waals surface area (Å²) in [5.74, 6) is 0. The second-order valence-corrected chi connectivity index (χ2v) is 9.17. The summed E-state index contributed by atoms with van der Waals surface area (Å²) in [7, 11) is -3.67. The molecule has 1 heterocycles. The highest BCUT2D eigenvalue weighted by molar-refractivity contribution is 7.92. The molecule has 2 aromatic rings. The van der Waals surface area contributed by atoms with Gasteiger partial charge in [0, 0.05) is 50.3 Å². The summed E-state index contributed by atoms with van der Waals surface area (Å²) < 4.78 is 28.1. The number of nitrogens with zero attached hydrogens (tertiary/aromatic N) is 1. The van der Waals surface area contributed by atoms with Crippen molar-refractivity contribution in [3.63, 3.8) is 0 Å². The minimum atomic E-state index is -3.67. The fraction of sp³-hybridized carbons (Fsp3) is 0.400. The molecule has 2 aromatic carbocycles. The summed E-state index contributed by atoms with van der Waals surface area (Å²) in [5, 5.41) is 7.36. The molecule has 0 aromatic heterocycles. The van der Waals surface area contributed by atoms with Gasteiger partial charge in [0.05, 0.1) is 10.6 Å². The molecule has 0 aliphatic carbocycles. The Balaban J connectivity index is 1.63. The van der Waals surface area contributed by atoms with Gasteiger partial charge < -0.3 is 10.6 Å². The van der Waals surface area contributed by atoms with E-state index in [2.05, 4.69) is 27.2 Å². The third kappa shape index (κ3) is 5.93. The fourth-order valence-corrected chi connectivity index (χ4v) is 4.45. The number of benzene rings is 2. The van der Waals surface area contributed by atoms with E-state index in [1.54, 1.807) is 18.2 Å². The average Bonchev–Trinajstić information content (AvgIpc) is 2.68. The van der Waals surface area contributed by atoms with Crippen molar-refractivity contribution < 1.29 is 8.42 Å². The van der Waals surface area contributed by atoms with Crippen molar-refractivity contribution >= 4 is 27.3 Å². The Morgan fingerprint density at radius 3 is 2.50 bits per heavy atom. The summed E-state index contributed by atoms with van der Waals surface area (Å²) in [4.78, 5) is 2.62. The van der Waals surface area contributed by atoms with E-state index in [9.17, 15) is 8.42 Å². The van der Waals surface area contributed by atoms with Crippen LogP contribution >= 0.6 is 11.6 Å². The molecular weight excluding hydrogens is 396 g/mol. The number of rotatable bonds is 8. The average molecular weight is 423 g/mol. The molecule has 1 aliphatic heterocycles. The van der Waals surface area contributed by atoms with Crippen LogP contribution in [0.5, 0.6) is 0 Å². The molecule has 3 N–H and O–H groups in total. The summed E-state index contributed by atoms with van der Waals surface area (Å²) in [6, 6.07) is 13.9. The Labute approximate surface area is 172 Å². The van der Waals surface area contributed by atoms with E-state index in [4.69, 9.17) is 11.6 Å². The quantitative estimate of drug-likeness (QED) is 0.609. The molecule has 28 heavy (non-hydrogen) atoms. The SMILES string of the molecule is CC(CN1CCNCC1)NCc1ccccc1NS(=O)(=O)c1ccc(Cl)cc1. The Morgan fingerprint density at radius 1 is 1.11 bits per heavy atom. The van der Waals surface area contributed by atoms with Gasteiger partial charge in [0.15, 0.2) is 0 Å². The summed E-state index contributed by atoms with van der Waals surface area (Å²) >= 11 is 5.86. The van der Waals surface area contributed by atoms with E-state index < -0.39 is 10.0 Å². The zero-order chi connectivity index (χ0) is 20.0. The monoisotopic (exact) mass is 422 g/mol. The number of sulfonamides is 1. The highest BCUT2D eigenvalue weighted by Crippen LogP contribution is 2.21. The number of anilines is 1. The molecule has 1 saturated heterocycles. The maximum Gasteiger partial charge on any atom is 0.261 e. The van der Waals surface area contributed by atoms with Crippen LogP contribution in [-0.2, 0) is 16.6 Å². The molecule has 152 valence electrons. The highest BCUT2D eigenvalue weighted by atomic mass is 35.5. The molecule has 1 aliphatic rings. The highest BCUT2D eigenvalue weighted by Gasteiger charge is 2.17. The molecule has 1 fully saturated rings. The third-order valence-corrected chi connectivity index (χ3v) is 6.40. The molecule has 0 bridgehead atoms. The normalized spacial score (nSPS) is 16.6. The van der Waals surface area contributed by atoms with E-state index >= 15 is 0 Å². The van der Waals surface area contributed by atoms with Gasteiger partial charge in [0.25, 0.3) is 10.0 Å². The molecule has 0 saturated carbocycles. The van der Waals surface area contributed by atoms with E-state index in [-0.39, 0.29) is 4.90 Å². The van der Waals surface area contributed by atoms with Crippen LogP contribution in [0.3, 0.4) is 0 Å². The lowest BCUT2D eigenvalue weighted by Gasteiger charge is -2.30. The first-order chi connectivity index (χ1) is 13.4. The number of hydrogen-bond donors (Lipinski definition) is 3. The Kier molecular flexibility index (Phi) is 7.31. The fourth-order valence-electron chi connectivity index (χ4n) is 3.22. The van der Waals surface area contributed by atoms with Crippen molar-refractivity contribution in [2.75, 3.05) is 37.4 Å². The lowest BCUT2D eigenvalue weighted by atomic mass is 10.1. The summed E-state index contributed by atoms with van der Waals surface area (Å²) in [6.45, 7) is 7.90. The van der Waals surface area contributed by atoms with Gasteiger partial charge in [-0.3, -0.25) is 9.62 Å². The lowest BCUT2D eigenvalue weighted by molar-refractivity contribution is 0.219. The van der Waals surface area contributed by atoms with E-state index in [1.165, 1.54) is 12.1 Å². The predicted octanol–water partition coefficient (Wildman–Crippen LogP) is 2.52. The van der Waals surface area contributed by atoms with Gasteiger partial charge in [-0.25, -0.2) is 8.42 Å². The van der Waals surface area contributed by atoms with Crippen molar-refractivity contribution in [2.24, 2.45) is 0 Å². The van der Waals surface area contributed by atoms with Crippen LogP contribution in [0.4, 0.5) is 5.69 Å². The molecular formula is C20H27ClN4O2S. The predicted molar refractivity (Wildman–Crippen MR) is 114 cm³/mol. The smallest absolute Gasteiger partial charge is 0.261 e. The van der Waals surface area contributed by atoms with Gasteiger partial charge in [0.2, 0.25) is 0 Å². The maximum absolute atomic E-state index is 12.7. The van der Waals surface area contributed by atoms with Gasteiger partial charge >= 0.3 is 0 Å². The zero-order valence-corrected chi connectivity index (χ0v) is 17.6. The number of piperazine rings is 1. The number of hydrogen-bond acceptors (Lipinski definition) is 5. The van der Waals surface area contributed by atoms with Crippen molar-refractivity contribution in [1.29, 1.82) is 0 Å². The van der Waals surface area contributed by atoms with Crippen LogP contribution in [0.15, 0.2) is 53.4 Å². The van der Waals surface area contributed by atoms with Crippen LogP contribution < -0.4 is 15.4 Å². The van der Waals surface area contributed by atoms with Crippen LogP contribution in [0.2, 0.25) is 5.02 Å². The van der Waals surface area contributed by atoms with E-state index in [0.717, 1.165) is 38.3 Å². The van der Waals surface area contributed by atoms with Gasteiger partial charge in [-0.15, -0.1) is 0 Å². The molecule has 6 nitrogen and oxygen atoms in total. The van der Waals surface area contributed by atoms with Crippen LogP contribution in [0.1, 0.15) is 12.5 Å². The molecule has 8 heteroatoms. The van der Waals surface area contributed by atoms with E-state index in [1.807, 2.05) is 18.2 Å². The topological polar surface area (TPSA) is 73.5 Å². The van der Waals surface area contributed by atoms with Crippen LogP contribution in [0, 0.1) is 0 Å². The molecule has 0 radical (unpaired) electrons. The minimum Gasteiger partial charge on any atom is -0.314 e. The van der Waals surface area contributed by atoms with Gasteiger partial charge in [0.1, 0.15) is 0 Å².